The fourth-order valence-corrected chi connectivity index (χ4v) is 5.89. The van der Waals surface area contributed by atoms with Crippen molar-refractivity contribution in [3.63, 3.8) is 0 Å². The lowest BCUT2D eigenvalue weighted by Gasteiger charge is -2.36. The van der Waals surface area contributed by atoms with Crippen molar-refractivity contribution in [2.75, 3.05) is 13.2 Å². The third kappa shape index (κ3) is 1.00. The first-order valence-electron chi connectivity index (χ1n) is 6.09. The number of hydrogen-bond acceptors (Lipinski definition) is 3. The zero-order valence-corrected chi connectivity index (χ0v) is 13.0. The summed E-state index contributed by atoms with van der Waals surface area (Å²) in [4.78, 5) is 12.4. The van der Waals surface area contributed by atoms with Crippen LogP contribution in [-0.4, -0.2) is 29.1 Å². The number of halogens is 2. The molecule has 5 heteroatoms. The summed E-state index contributed by atoms with van der Waals surface area (Å²) in [5, 5.41) is 0. The molecule has 0 aromatic rings. The van der Waals surface area contributed by atoms with Crippen LogP contribution >= 0.6 is 31.9 Å². The van der Waals surface area contributed by atoms with E-state index < -0.39 is 10.1 Å². The molecule has 3 nitrogen and oxygen atoms in total. The van der Waals surface area contributed by atoms with Crippen molar-refractivity contribution in [3.8, 4) is 0 Å². The van der Waals surface area contributed by atoms with Crippen molar-refractivity contribution in [2.24, 2.45) is 17.8 Å². The topological polar surface area (TPSA) is 35.5 Å². The number of ketones is 1. The van der Waals surface area contributed by atoms with Gasteiger partial charge in [0, 0.05) is 17.8 Å². The number of rotatable bonds is 0. The zero-order valence-electron chi connectivity index (χ0n) is 9.78. The molecule has 2 bridgehead atoms. The normalized spacial score (nSPS) is 47.7. The van der Waals surface area contributed by atoms with Gasteiger partial charge in [-0.15, -0.1) is 0 Å². The van der Waals surface area contributed by atoms with Gasteiger partial charge in [0.15, 0.2) is 11.6 Å². The molecule has 0 unspecified atom stereocenters. The molecule has 0 aromatic heterocycles. The Balaban J connectivity index is 1.92. The second kappa shape index (κ2) is 3.37. The first-order chi connectivity index (χ1) is 8.53. The van der Waals surface area contributed by atoms with Crippen LogP contribution in [0.25, 0.3) is 0 Å². The molecule has 1 aliphatic heterocycles. The predicted octanol–water partition coefficient (Wildman–Crippen LogP) is 2.55. The molecule has 1 saturated heterocycles. The van der Waals surface area contributed by atoms with E-state index in [1.165, 1.54) is 0 Å². The van der Waals surface area contributed by atoms with Gasteiger partial charge in [0.1, 0.15) is 4.32 Å². The summed E-state index contributed by atoms with van der Waals surface area (Å²) in [7, 11) is 0. The van der Waals surface area contributed by atoms with Crippen LogP contribution < -0.4 is 0 Å². The van der Waals surface area contributed by atoms with Gasteiger partial charge in [-0.1, -0.05) is 28.1 Å². The smallest absolute Gasteiger partial charge is 0.195 e. The van der Waals surface area contributed by atoms with Gasteiger partial charge in [0.2, 0.25) is 0 Å². The second-order valence-electron chi connectivity index (χ2n) is 5.38. The minimum Gasteiger partial charge on any atom is -0.345 e. The fraction of sp³-hybridized carbons (Fsp3) is 0.615. The Morgan fingerprint density at radius 3 is 2.67 bits per heavy atom. The Labute approximate surface area is 122 Å². The number of ether oxygens (including phenoxy) is 2. The summed E-state index contributed by atoms with van der Waals surface area (Å²) in [5.74, 6) is -0.393. The molecule has 96 valence electrons. The van der Waals surface area contributed by atoms with Crippen LogP contribution in [0.2, 0.25) is 0 Å². The van der Waals surface area contributed by atoms with Gasteiger partial charge in [-0.25, -0.2) is 0 Å². The number of carbonyl (C=O) groups is 1. The van der Waals surface area contributed by atoms with Crippen molar-refractivity contribution in [2.45, 2.75) is 17.0 Å². The summed E-state index contributed by atoms with van der Waals surface area (Å²) in [6.07, 6.45) is 4.20. The molecule has 1 spiro atoms. The zero-order chi connectivity index (χ0) is 12.7. The van der Waals surface area contributed by atoms with Gasteiger partial charge in [0.25, 0.3) is 0 Å². The highest BCUT2D eigenvalue weighted by Crippen LogP contribution is 2.69. The van der Waals surface area contributed by atoms with Gasteiger partial charge >= 0.3 is 0 Å². The average molecular weight is 376 g/mol. The van der Waals surface area contributed by atoms with Gasteiger partial charge in [0.05, 0.1) is 17.7 Å². The monoisotopic (exact) mass is 374 g/mol. The minimum atomic E-state index is -0.674. The molecule has 0 radical (unpaired) electrons. The largest absolute Gasteiger partial charge is 0.345 e. The quantitative estimate of drug-likeness (QED) is 0.482. The van der Waals surface area contributed by atoms with Gasteiger partial charge in [-0.2, -0.15) is 0 Å². The van der Waals surface area contributed by atoms with Gasteiger partial charge < -0.3 is 9.47 Å². The first-order valence-corrected chi connectivity index (χ1v) is 7.68. The molecule has 4 atom stereocenters. The lowest BCUT2D eigenvalue weighted by Crippen LogP contribution is -2.48. The Morgan fingerprint density at radius 2 is 2.06 bits per heavy atom. The summed E-state index contributed by atoms with van der Waals surface area (Å²) >= 11 is 7.26. The molecule has 2 fully saturated rings. The number of fused-ring (bicyclic) bond motifs is 3. The molecule has 3 aliphatic carbocycles. The fourth-order valence-electron chi connectivity index (χ4n) is 4.11. The molecule has 1 saturated carbocycles. The minimum absolute atomic E-state index is 0.0156. The van der Waals surface area contributed by atoms with Crippen molar-refractivity contribution in [3.05, 3.63) is 22.2 Å². The van der Waals surface area contributed by atoms with E-state index in [1.807, 2.05) is 6.92 Å². The van der Waals surface area contributed by atoms with Crippen LogP contribution in [0.3, 0.4) is 0 Å². The molecule has 0 amide bonds. The molecule has 0 aromatic carbocycles. The summed E-state index contributed by atoms with van der Waals surface area (Å²) in [6, 6.07) is 0. The third-order valence-electron chi connectivity index (χ3n) is 4.77. The van der Waals surface area contributed by atoms with E-state index in [1.54, 1.807) is 0 Å². The molecule has 1 heterocycles. The van der Waals surface area contributed by atoms with Crippen molar-refractivity contribution >= 4 is 37.6 Å². The Kier molecular flexibility index (Phi) is 2.21. The summed E-state index contributed by atoms with van der Waals surface area (Å²) in [5.41, 5.74) is 1.10. The number of Topliss-reactive ketones (excluding diaryl/α,β-unsaturated/α-hetero) is 1. The maximum Gasteiger partial charge on any atom is 0.195 e. The number of allylic oxidation sites excluding steroid dienone is 2. The first kappa shape index (κ1) is 11.8. The van der Waals surface area contributed by atoms with E-state index in [2.05, 4.69) is 44.0 Å². The lowest BCUT2D eigenvalue weighted by molar-refractivity contribution is -0.178. The molecule has 0 N–H and O–H groups in total. The highest BCUT2D eigenvalue weighted by atomic mass is 79.9. The van der Waals surface area contributed by atoms with Gasteiger partial charge in [-0.3, -0.25) is 4.79 Å². The molecule has 4 rings (SSSR count). The van der Waals surface area contributed by atoms with E-state index in [-0.39, 0.29) is 23.5 Å². The van der Waals surface area contributed by atoms with Crippen LogP contribution in [0.1, 0.15) is 6.92 Å². The lowest BCUT2D eigenvalue weighted by atomic mass is 9.82. The highest BCUT2D eigenvalue weighted by Gasteiger charge is 2.76. The van der Waals surface area contributed by atoms with Crippen LogP contribution in [0, 0.1) is 17.8 Å². The van der Waals surface area contributed by atoms with Crippen LogP contribution in [0.5, 0.6) is 0 Å². The van der Waals surface area contributed by atoms with Crippen LogP contribution in [-0.2, 0) is 14.3 Å². The van der Waals surface area contributed by atoms with Gasteiger partial charge in [-0.05, 0) is 28.4 Å². The molecule has 4 aliphatic rings. The van der Waals surface area contributed by atoms with E-state index >= 15 is 0 Å². The summed E-state index contributed by atoms with van der Waals surface area (Å²) in [6.45, 7) is 3.22. The Morgan fingerprint density at radius 1 is 1.39 bits per heavy atom. The van der Waals surface area contributed by atoms with Crippen LogP contribution in [0.4, 0.5) is 0 Å². The van der Waals surface area contributed by atoms with Crippen LogP contribution in [0.15, 0.2) is 22.2 Å². The maximum atomic E-state index is 12.4. The Bertz CT molecular complexity index is 518. The number of alkyl halides is 1. The number of hydrogen-bond donors (Lipinski definition) is 0. The predicted molar refractivity (Wildman–Crippen MR) is 72.5 cm³/mol. The SMILES string of the molecule is CC1=C(Br)C(=O)[C@H]2[C@@H]1[C@@]1(Br)C=C[C@@H]2C12OCCO2. The molecular formula is C13H12Br2O3. The molecule has 18 heavy (non-hydrogen) atoms. The molecular weight excluding hydrogens is 364 g/mol. The van der Waals surface area contributed by atoms with Crippen molar-refractivity contribution in [1.29, 1.82) is 0 Å². The van der Waals surface area contributed by atoms with E-state index in [4.69, 9.17) is 9.47 Å². The Hall–Kier alpha value is 0.0300. The standard InChI is InChI=1S/C13H12Br2O3/c1-6-9-8(11(16)10(6)14)7-2-3-12(9,15)13(7)17-4-5-18-13/h2-3,7-9H,4-5H2,1H3/t7-,8+,9+,12-/m0/s1. The van der Waals surface area contributed by atoms with Crippen molar-refractivity contribution in [1.82, 2.24) is 0 Å². The van der Waals surface area contributed by atoms with E-state index in [0.717, 1.165) is 10.1 Å². The maximum absolute atomic E-state index is 12.4. The van der Waals surface area contributed by atoms with Crippen molar-refractivity contribution < 1.29 is 14.3 Å². The third-order valence-corrected chi connectivity index (χ3v) is 7.09. The summed E-state index contributed by atoms with van der Waals surface area (Å²) < 4.78 is 12.2. The average Bonchev–Trinajstić information content (AvgIpc) is 3.04. The number of carbonyl (C=O) groups excluding carboxylic acids is 1. The van der Waals surface area contributed by atoms with E-state index in [9.17, 15) is 4.79 Å². The highest BCUT2D eigenvalue weighted by molar-refractivity contribution is 9.12. The second-order valence-corrected chi connectivity index (χ2v) is 7.49. The van der Waals surface area contributed by atoms with E-state index in [0.29, 0.717) is 13.2 Å².